The van der Waals surface area contributed by atoms with Gasteiger partial charge in [-0.1, -0.05) is 11.6 Å². The fourth-order valence-corrected chi connectivity index (χ4v) is 3.53. The third-order valence-corrected chi connectivity index (χ3v) is 4.65. The molecule has 1 saturated heterocycles. The summed E-state index contributed by atoms with van der Waals surface area (Å²) in [6.45, 7) is 2.32. The van der Waals surface area contributed by atoms with E-state index in [2.05, 4.69) is 10.3 Å². The minimum Gasteiger partial charge on any atom is -0.316 e. The van der Waals surface area contributed by atoms with Gasteiger partial charge in [-0.15, -0.1) is 11.3 Å². The van der Waals surface area contributed by atoms with Gasteiger partial charge in [0, 0.05) is 28.6 Å². The van der Waals surface area contributed by atoms with E-state index in [9.17, 15) is 0 Å². The molecule has 1 aromatic heterocycles. The van der Waals surface area contributed by atoms with Crippen molar-refractivity contribution in [2.45, 2.75) is 17.4 Å². The van der Waals surface area contributed by atoms with Gasteiger partial charge in [0.15, 0.2) is 4.47 Å². The van der Waals surface area contributed by atoms with Gasteiger partial charge in [0.2, 0.25) is 0 Å². The summed E-state index contributed by atoms with van der Waals surface area (Å²) in [5, 5.41) is 4.13. The first-order valence-corrected chi connectivity index (χ1v) is 6.51. The lowest BCUT2D eigenvalue weighted by Gasteiger charge is -2.05. The van der Waals surface area contributed by atoms with E-state index in [4.69, 9.17) is 11.6 Å². The second-order valence-corrected chi connectivity index (χ2v) is 5.99. The zero-order valence-corrected chi connectivity index (χ0v) is 9.51. The Morgan fingerprint density at radius 2 is 2.69 bits per heavy atom. The standard InChI is InChI=1S/C8H11ClN2S2/c9-8-11-4-7(13-8)5-12-6-1-2-10-3-6/h4,6,10H,1-3,5H2/t6-/m1/s1. The first kappa shape index (κ1) is 9.77. The first-order valence-electron chi connectivity index (χ1n) is 4.27. The molecule has 1 fully saturated rings. The van der Waals surface area contributed by atoms with Gasteiger partial charge in [-0.25, -0.2) is 4.98 Å². The maximum Gasteiger partial charge on any atom is 0.183 e. The van der Waals surface area contributed by atoms with Gasteiger partial charge < -0.3 is 5.32 Å². The number of thiazole rings is 1. The van der Waals surface area contributed by atoms with Crippen LogP contribution in [0.2, 0.25) is 4.47 Å². The van der Waals surface area contributed by atoms with E-state index in [1.807, 2.05) is 18.0 Å². The van der Waals surface area contributed by atoms with E-state index in [1.54, 1.807) is 11.3 Å². The lowest BCUT2D eigenvalue weighted by molar-refractivity contribution is 0.858. The number of hydrogen-bond acceptors (Lipinski definition) is 4. The number of nitrogens with zero attached hydrogens (tertiary/aromatic N) is 1. The molecule has 13 heavy (non-hydrogen) atoms. The summed E-state index contributed by atoms with van der Waals surface area (Å²) in [4.78, 5) is 5.30. The van der Waals surface area contributed by atoms with Crippen LogP contribution in [0.25, 0.3) is 0 Å². The molecular formula is C8H11ClN2S2. The molecule has 0 saturated carbocycles. The molecule has 1 aromatic rings. The molecule has 0 aromatic carbocycles. The van der Waals surface area contributed by atoms with Gasteiger partial charge in [-0.3, -0.25) is 0 Å². The summed E-state index contributed by atoms with van der Waals surface area (Å²) in [5.74, 6) is 1.05. The number of nitrogens with one attached hydrogen (secondary N) is 1. The van der Waals surface area contributed by atoms with Crippen LogP contribution in [-0.2, 0) is 5.75 Å². The molecule has 0 amide bonds. The molecule has 0 unspecified atom stereocenters. The Balaban J connectivity index is 1.78. The summed E-state index contributed by atoms with van der Waals surface area (Å²) in [5.41, 5.74) is 0. The lowest BCUT2D eigenvalue weighted by atomic mass is 10.4. The van der Waals surface area contributed by atoms with Gasteiger partial charge in [0.1, 0.15) is 0 Å². The maximum absolute atomic E-state index is 5.74. The van der Waals surface area contributed by atoms with E-state index in [1.165, 1.54) is 17.8 Å². The maximum atomic E-state index is 5.74. The molecule has 2 heterocycles. The predicted molar refractivity (Wildman–Crippen MR) is 59.7 cm³/mol. The number of halogens is 1. The summed E-state index contributed by atoms with van der Waals surface area (Å²) in [6.07, 6.45) is 3.17. The molecule has 1 N–H and O–H groups in total. The highest BCUT2D eigenvalue weighted by Crippen LogP contribution is 2.26. The number of hydrogen-bond donors (Lipinski definition) is 1. The Hall–Kier alpha value is 0.230. The highest BCUT2D eigenvalue weighted by Gasteiger charge is 2.14. The monoisotopic (exact) mass is 234 g/mol. The van der Waals surface area contributed by atoms with E-state index in [-0.39, 0.29) is 0 Å². The second-order valence-electron chi connectivity index (χ2n) is 3.01. The fourth-order valence-electron chi connectivity index (χ4n) is 1.32. The molecule has 1 atom stereocenters. The van der Waals surface area contributed by atoms with E-state index in [0.29, 0.717) is 4.47 Å². The van der Waals surface area contributed by atoms with Gasteiger partial charge >= 0.3 is 0 Å². The zero-order valence-electron chi connectivity index (χ0n) is 7.12. The molecule has 72 valence electrons. The van der Waals surface area contributed by atoms with Crippen molar-refractivity contribution in [2.24, 2.45) is 0 Å². The lowest BCUT2D eigenvalue weighted by Crippen LogP contribution is -2.10. The van der Waals surface area contributed by atoms with Crippen LogP contribution in [-0.4, -0.2) is 23.3 Å². The van der Waals surface area contributed by atoms with E-state index < -0.39 is 0 Å². The molecule has 0 radical (unpaired) electrons. The van der Waals surface area contributed by atoms with Crippen molar-refractivity contribution in [1.29, 1.82) is 0 Å². The largest absolute Gasteiger partial charge is 0.316 e. The van der Waals surface area contributed by atoms with Gasteiger partial charge in [-0.05, 0) is 13.0 Å². The molecule has 0 bridgehead atoms. The van der Waals surface area contributed by atoms with E-state index >= 15 is 0 Å². The second kappa shape index (κ2) is 4.64. The average Bonchev–Trinajstić information content (AvgIpc) is 2.71. The summed E-state index contributed by atoms with van der Waals surface area (Å²) in [7, 11) is 0. The fraction of sp³-hybridized carbons (Fsp3) is 0.625. The normalized spacial score (nSPS) is 22.4. The first-order chi connectivity index (χ1) is 6.34. The Bertz CT molecular complexity index is 271. The highest BCUT2D eigenvalue weighted by atomic mass is 35.5. The number of aromatic nitrogens is 1. The van der Waals surface area contributed by atoms with Crippen LogP contribution in [0.15, 0.2) is 6.20 Å². The Kier molecular flexibility index (Phi) is 3.49. The van der Waals surface area contributed by atoms with Crippen LogP contribution in [0.4, 0.5) is 0 Å². The Morgan fingerprint density at radius 1 is 1.77 bits per heavy atom. The van der Waals surface area contributed by atoms with Crippen LogP contribution < -0.4 is 5.32 Å². The van der Waals surface area contributed by atoms with E-state index in [0.717, 1.165) is 17.5 Å². The summed E-state index contributed by atoms with van der Waals surface area (Å²) >= 11 is 9.33. The van der Waals surface area contributed by atoms with Crippen molar-refractivity contribution in [1.82, 2.24) is 10.3 Å². The minimum atomic E-state index is 0.653. The number of thioether (sulfide) groups is 1. The van der Waals surface area contributed by atoms with Crippen molar-refractivity contribution >= 4 is 34.7 Å². The molecule has 5 heteroatoms. The minimum absolute atomic E-state index is 0.653. The van der Waals surface area contributed by atoms with Crippen LogP contribution in [0.3, 0.4) is 0 Å². The van der Waals surface area contributed by atoms with Crippen LogP contribution in [0.5, 0.6) is 0 Å². The smallest absolute Gasteiger partial charge is 0.183 e. The Labute approximate surface area is 91.1 Å². The molecule has 2 rings (SSSR count). The molecular weight excluding hydrogens is 224 g/mol. The highest BCUT2D eigenvalue weighted by molar-refractivity contribution is 7.99. The SMILES string of the molecule is Clc1ncc(CS[C@@H]2CCNC2)s1. The van der Waals surface area contributed by atoms with Crippen LogP contribution >= 0.6 is 34.7 Å². The topological polar surface area (TPSA) is 24.9 Å². The van der Waals surface area contributed by atoms with Gasteiger partial charge in [0.05, 0.1) is 0 Å². The molecule has 1 aliphatic heterocycles. The molecule has 1 aliphatic rings. The van der Waals surface area contributed by atoms with Crippen molar-refractivity contribution in [2.75, 3.05) is 13.1 Å². The van der Waals surface area contributed by atoms with Gasteiger partial charge in [0.25, 0.3) is 0 Å². The van der Waals surface area contributed by atoms with Gasteiger partial charge in [-0.2, -0.15) is 11.8 Å². The summed E-state index contributed by atoms with van der Waals surface area (Å²) in [6, 6.07) is 0. The molecule has 2 nitrogen and oxygen atoms in total. The van der Waals surface area contributed by atoms with Crippen LogP contribution in [0, 0.1) is 0 Å². The average molecular weight is 235 g/mol. The van der Waals surface area contributed by atoms with Crippen molar-refractivity contribution in [3.8, 4) is 0 Å². The Morgan fingerprint density at radius 3 is 3.31 bits per heavy atom. The predicted octanol–water partition coefficient (Wildman–Crippen LogP) is 2.39. The van der Waals surface area contributed by atoms with Crippen molar-refractivity contribution in [3.63, 3.8) is 0 Å². The molecule has 0 aliphatic carbocycles. The summed E-state index contributed by atoms with van der Waals surface area (Å²) < 4.78 is 0.653. The van der Waals surface area contributed by atoms with Crippen molar-refractivity contribution in [3.05, 3.63) is 15.5 Å². The quantitative estimate of drug-likeness (QED) is 0.870. The third kappa shape index (κ3) is 2.84. The number of rotatable bonds is 3. The molecule has 0 spiro atoms. The van der Waals surface area contributed by atoms with Crippen molar-refractivity contribution < 1.29 is 0 Å². The zero-order chi connectivity index (χ0) is 9.10. The van der Waals surface area contributed by atoms with Crippen LogP contribution in [0.1, 0.15) is 11.3 Å². The third-order valence-electron chi connectivity index (χ3n) is 2.00.